The first-order valence-electron chi connectivity index (χ1n) is 6.83. The average molecular weight is 268 g/mol. The Morgan fingerprint density at radius 2 is 1.20 bits per heavy atom. The normalized spacial score (nSPS) is 12.0. The van der Waals surface area contributed by atoms with Crippen molar-refractivity contribution in [3.8, 4) is 22.6 Å². The van der Waals surface area contributed by atoms with Crippen molar-refractivity contribution in [2.45, 2.75) is 13.8 Å². The molecule has 0 radical (unpaired) electrons. The van der Waals surface area contributed by atoms with Crippen molar-refractivity contribution in [1.29, 1.82) is 0 Å². The van der Waals surface area contributed by atoms with Gasteiger partial charge in [-0.15, -0.1) is 0 Å². The van der Waals surface area contributed by atoms with E-state index in [1.807, 2.05) is 50.2 Å². The summed E-state index contributed by atoms with van der Waals surface area (Å²) < 4.78 is 10.9. The number of fused-ring (bicyclic) bond motifs is 3. The fourth-order valence-corrected chi connectivity index (χ4v) is 2.55. The Hall–Kier alpha value is -2.29. The summed E-state index contributed by atoms with van der Waals surface area (Å²) in [4.78, 5) is 12.5. The summed E-state index contributed by atoms with van der Waals surface area (Å²) in [6.07, 6.45) is 0. The maximum atomic E-state index is 12.5. The van der Waals surface area contributed by atoms with Crippen molar-refractivity contribution >= 4 is 5.78 Å². The number of rotatable bonds is 4. The molecule has 2 aromatic rings. The first kappa shape index (κ1) is 12.7. The third-order valence-electron chi connectivity index (χ3n) is 3.38. The molecule has 0 aromatic heterocycles. The number of ether oxygens (including phenoxy) is 2. The van der Waals surface area contributed by atoms with Crippen LogP contribution in [0, 0.1) is 0 Å². The molecule has 1 aliphatic carbocycles. The molecule has 0 amide bonds. The van der Waals surface area contributed by atoms with E-state index >= 15 is 0 Å². The Bertz CT molecular complexity index is 616. The fourth-order valence-electron chi connectivity index (χ4n) is 2.55. The van der Waals surface area contributed by atoms with Crippen LogP contribution in [0.5, 0.6) is 11.5 Å². The van der Waals surface area contributed by atoms with Crippen LogP contribution in [0.15, 0.2) is 36.4 Å². The predicted molar refractivity (Wildman–Crippen MR) is 77.6 cm³/mol. The summed E-state index contributed by atoms with van der Waals surface area (Å²) in [7, 11) is 0. The van der Waals surface area contributed by atoms with E-state index in [9.17, 15) is 4.79 Å². The van der Waals surface area contributed by atoms with Crippen molar-refractivity contribution in [2.75, 3.05) is 13.2 Å². The Morgan fingerprint density at radius 1 is 0.750 bits per heavy atom. The van der Waals surface area contributed by atoms with Crippen LogP contribution in [0.3, 0.4) is 0 Å². The molecule has 0 spiro atoms. The van der Waals surface area contributed by atoms with Gasteiger partial charge in [0, 0.05) is 11.1 Å². The van der Waals surface area contributed by atoms with Crippen LogP contribution in [0.4, 0.5) is 0 Å². The van der Waals surface area contributed by atoms with Crippen molar-refractivity contribution < 1.29 is 14.3 Å². The van der Waals surface area contributed by atoms with Gasteiger partial charge in [0.25, 0.3) is 0 Å². The van der Waals surface area contributed by atoms with Crippen LogP contribution in [0.25, 0.3) is 11.1 Å². The molecule has 3 heteroatoms. The summed E-state index contributed by atoms with van der Waals surface area (Å²) in [5.41, 5.74) is 3.35. The zero-order valence-electron chi connectivity index (χ0n) is 11.6. The highest BCUT2D eigenvalue weighted by Crippen LogP contribution is 2.39. The lowest BCUT2D eigenvalue weighted by atomic mass is 10.1. The lowest BCUT2D eigenvalue weighted by Crippen LogP contribution is -1.98. The monoisotopic (exact) mass is 268 g/mol. The fraction of sp³-hybridized carbons (Fsp3) is 0.235. The molecular formula is C17H16O3. The second kappa shape index (κ2) is 5.00. The molecule has 2 aromatic carbocycles. The van der Waals surface area contributed by atoms with Crippen molar-refractivity contribution in [2.24, 2.45) is 0 Å². The van der Waals surface area contributed by atoms with E-state index in [0.29, 0.717) is 24.3 Å². The van der Waals surface area contributed by atoms with E-state index in [-0.39, 0.29) is 5.78 Å². The van der Waals surface area contributed by atoms with Gasteiger partial charge in [0.05, 0.1) is 13.2 Å². The molecule has 0 heterocycles. The second-order valence-corrected chi connectivity index (χ2v) is 4.61. The maximum Gasteiger partial charge on any atom is 0.194 e. The molecule has 0 fully saturated rings. The van der Waals surface area contributed by atoms with Gasteiger partial charge in [0.1, 0.15) is 11.5 Å². The van der Waals surface area contributed by atoms with Gasteiger partial charge in [-0.1, -0.05) is 0 Å². The Labute approximate surface area is 118 Å². The molecule has 3 rings (SSSR count). The van der Waals surface area contributed by atoms with Crippen molar-refractivity contribution in [3.05, 3.63) is 47.5 Å². The maximum absolute atomic E-state index is 12.5. The van der Waals surface area contributed by atoms with E-state index in [2.05, 4.69) is 0 Å². The smallest absolute Gasteiger partial charge is 0.194 e. The molecule has 0 saturated carbocycles. The van der Waals surface area contributed by atoms with Gasteiger partial charge in [-0.2, -0.15) is 0 Å². The minimum absolute atomic E-state index is 0.0399. The first-order valence-corrected chi connectivity index (χ1v) is 6.83. The summed E-state index contributed by atoms with van der Waals surface area (Å²) in [6, 6.07) is 11.3. The van der Waals surface area contributed by atoms with Crippen molar-refractivity contribution in [3.63, 3.8) is 0 Å². The lowest BCUT2D eigenvalue weighted by molar-refractivity contribution is 0.104. The van der Waals surface area contributed by atoms with E-state index in [1.165, 1.54) is 0 Å². The molecule has 0 atom stereocenters. The Balaban J connectivity index is 2.06. The zero-order valence-corrected chi connectivity index (χ0v) is 11.6. The lowest BCUT2D eigenvalue weighted by Gasteiger charge is -2.05. The first-order chi connectivity index (χ1) is 9.74. The summed E-state index contributed by atoms with van der Waals surface area (Å²) in [5.74, 6) is 1.51. The third-order valence-corrected chi connectivity index (χ3v) is 3.38. The number of carbonyl (C=O) groups is 1. The summed E-state index contributed by atoms with van der Waals surface area (Å²) in [5, 5.41) is 0. The van der Waals surface area contributed by atoms with Crippen LogP contribution in [0.1, 0.15) is 29.8 Å². The molecule has 3 nitrogen and oxygen atoms in total. The van der Waals surface area contributed by atoms with Gasteiger partial charge in [-0.05, 0) is 61.4 Å². The molecule has 0 N–H and O–H groups in total. The number of hydrogen-bond donors (Lipinski definition) is 0. The highest BCUT2D eigenvalue weighted by Gasteiger charge is 2.27. The second-order valence-electron chi connectivity index (χ2n) is 4.61. The molecule has 20 heavy (non-hydrogen) atoms. The summed E-state index contributed by atoms with van der Waals surface area (Å²) >= 11 is 0. The molecule has 0 unspecified atom stereocenters. The van der Waals surface area contributed by atoms with Crippen molar-refractivity contribution in [1.82, 2.24) is 0 Å². The molecular weight excluding hydrogens is 252 g/mol. The highest BCUT2D eigenvalue weighted by atomic mass is 16.5. The quantitative estimate of drug-likeness (QED) is 0.723. The largest absolute Gasteiger partial charge is 0.494 e. The van der Waals surface area contributed by atoms with E-state index in [0.717, 1.165) is 22.6 Å². The van der Waals surface area contributed by atoms with E-state index in [1.54, 1.807) is 0 Å². The zero-order chi connectivity index (χ0) is 14.1. The molecule has 1 aliphatic rings. The standard InChI is InChI=1S/C17H16O3/c1-3-19-11-5-7-13-14-8-6-12(20-4-2)10-16(14)17(18)15(13)9-11/h5-10H,3-4H2,1-2H3. The SMILES string of the molecule is CCOc1ccc2c(c1)C(=O)c1cc(OCC)ccc1-2. The van der Waals surface area contributed by atoms with Gasteiger partial charge in [-0.25, -0.2) is 0 Å². The topological polar surface area (TPSA) is 35.5 Å². The average Bonchev–Trinajstić information content (AvgIpc) is 2.73. The molecule has 0 aliphatic heterocycles. The van der Waals surface area contributed by atoms with Crippen LogP contribution in [-0.2, 0) is 0 Å². The molecule has 0 bridgehead atoms. The minimum Gasteiger partial charge on any atom is -0.494 e. The van der Waals surface area contributed by atoms with Crippen LogP contribution >= 0.6 is 0 Å². The van der Waals surface area contributed by atoms with Crippen LogP contribution in [-0.4, -0.2) is 19.0 Å². The number of ketones is 1. The number of hydrogen-bond acceptors (Lipinski definition) is 3. The van der Waals surface area contributed by atoms with Gasteiger partial charge >= 0.3 is 0 Å². The van der Waals surface area contributed by atoms with Gasteiger partial charge in [0.2, 0.25) is 0 Å². The summed E-state index contributed by atoms with van der Waals surface area (Å²) in [6.45, 7) is 5.04. The van der Waals surface area contributed by atoms with E-state index < -0.39 is 0 Å². The Morgan fingerprint density at radius 3 is 1.60 bits per heavy atom. The number of carbonyl (C=O) groups excluding carboxylic acids is 1. The molecule has 102 valence electrons. The van der Waals surface area contributed by atoms with Gasteiger partial charge in [0.15, 0.2) is 5.78 Å². The minimum atomic E-state index is 0.0399. The Kier molecular flexibility index (Phi) is 3.18. The van der Waals surface area contributed by atoms with E-state index in [4.69, 9.17) is 9.47 Å². The van der Waals surface area contributed by atoms with Crippen LogP contribution in [0.2, 0.25) is 0 Å². The third kappa shape index (κ3) is 1.95. The number of benzene rings is 2. The molecule has 0 saturated heterocycles. The highest BCUT2D eigenvalue weighted by molar-refractivity contribution is 6.22. The van der Waals surface area contributed by atoms with Gasteiger partial charge in [-0.3, -0.25) is 4.79 Å². The predicted octanol–water partition coefficient (Wildman–Crippen LogP) is 3.70. The van der Waals surface area contributed by atoms with Crippen LogP contribution < -0.4 is 9.47 Å². The van der Waals surface area contributed by atoms with Gasteiger partial charge < -0.3 is 9.47 Å².